The zero-order chi connectivity index (χ0) is 26.5. The van der Waals surface area contributed by atoms with Crippen LogP contribution in [0.1, 0.15) is 22.4 Å². The number of hydrogen-bond donors (Lipinski definition) is 1. The highest BCUT2D eigenvalue weighted by Gasteiger charge is 2.15. The molecule has 0 aliphatic carbocycles. The van der Waals surface area contributed by atoms with Gasteiger partial charge in [0.05, 0.1) is 38.4 Å². The van der Waals surface area contributed by atoms with Crippen LogP contribution in [0.4, 0.5) is 5.69 Å². The van der Waals surface area contributed by atoms with E-state index in [0.717, 1.165) is 50.5 Å². The number of halogens is 1. The molecule has 0 aliphatic rings. The average Bonchev–Trinajstić information content (AvgIpc) is 3.26. The minimum absolute atomic E-state index is 0.125. The first-order chi connectivity index (χ1) is 18.5. The third-order valence-electron chi connectivity index (χ3n) is 6.46. The first-order valence-electron chi connectivity index (χ1n) is 12.3. The van der Waals surface area contributed by atoms with Gasteiger partial charge in [-0.25, -0.2) is 0 Å². The van der Waals surface area contributed by atoms with Crippen molar-refractivity contribution < 1.29 is 14.3 Å². The van der Waals surface area contributed by atoms with Gasteiger partial charge in [0.2, 0.25) is 5.91 Å². The molecule has 1 amide bonds. The van der Waals surface area contributed by atoms with Crippen LogP contribution in [-0.2, 0) is 24.2 Å². The van der Waals surface area contributed by atoms with Crippen LogP contribution in [0.5, 0.6) is 11.5 Å². The van der Waals surface area contributed by atoms with Gasteiger partial charge in [0.25, 0.3) is 0 Å². The van der Waals surface area contributed by atoms with Gasteiger partial charge in [-0.15, -0.1) is 0 Å². The van der Waals surface area contributed by atoms with Crippen molar-refractivity contribution in [2.24, 2.45) is 0 Å². The number of carbonyl (C=O) groups is 1. The smallest absolute Gasteiger partial charge is 0.228 e. The molecule has 7 heteroatoms. The van der Waals surface area contributed by atoms with Gasteiger partial charge in [0, 0.05) is 22.5 Å². The first kappa shape index (κ1) is 25.4. The first-order valence-corrected chi connectivity index (χ1v) is 12.7. The zero-order valence-corrected chi connectivity index (χ0v) is 22.0. The molecule has 1 aromatic heterocycles. The van der Waals surface area contributed by atoms with Crippen molar-refractivity contribution >= 4 is 34.1 Å². The van der Waals surface area contributed by atoms with Gasteiger partial charge in [-0.3, -0.25) is 9.48 Å². The Hall–Kier alpha value is -4.29. The molecule has 0 saturated heterocycles. The number of rotatable bonds is 9. The van der Waals surface area contributed by atoms with Crippen molar-refractivity contribution in [3.63, 3.8) is 0 Å². The predicted molar refractivity (Wildman–Crippen MR) is 151 cm³/mol. The van der Waals surface area contributed by atoms with E-state index in [2.05, 4.69) is 17.4 Å². The molecular weight excluding hydrogens is 498 g/mol. The summed E-state index contributed by atoms with van der Waals surface area (Å²) >= 11 is 6.25. The van der Waals surface area contributed by atoms with Gasteiger partial charge in [-0.2, -0.15) is 5.10 Å². The minimum atomic E-state index is -0.125. The second-order valence-electron chi connectivity index (χ2n) is 9.03. The van der Waals surface area contributed by atoms with E-state index in [1.165, 1.54) is 0 Å². The molecule has 5 rings (SSSR count). The summed E-state index contributed by atoms with van der Waals surface area (Å²) in [5.41, 5.74) is 5.68. The molecule has 1 N–H and O–H groups in total. The van der Waals surface area contributed by atoms with Crippen LogP contribution in [0.15, 0.2) is 91.0 Å². The maximum Gasteiger partial charge on any atom is 0.228 e. The number of nitrogens with one attached hydrogen (secondary N) is 1. The fourth-order valence-corrected chi connectivity index (χ4v) is 4.64. The minimum Gasteiger partial charge on any atom is -0.497 e. The quantitative estimate of drug-likeness (QED) is 0.238. The van der Waals surface area contributed by atoms with E-state index in [4.69, 9.17) is 26.2 Å². The lowest BCUT2D eigenvalue weighted by molar-refractivity contribution is -0.115. The maximum absolute atomic E-state index is 12.8. The molecule has 38 heavy (non-hydrogen) atoms. The normalized spacial score (nSPS) is 10.9. The fourth-order valence-electron chi connectivity index (χ4n) is 4.44. The van der Waals surface area contributed by atoms with E-state index in [1.807, 2.05) is 77.5 Å². The van der Waals surface area contributed by atoms with Crippen LogP contribution >= 0.6 is 11.6 Å². The highest BCUT2D eigenvalue weighted by Crippen LogP contribution is 2.27. The van der Waals surface area contributed by atoms with Crippen LogP contribution in [0.3, 0.4) is 0 Å². The maximum atomic E-state index is 12.8. The standard InChI is InChI=1S/C31H28ClN3O3/c1-37-25-12-7-21(8-13-25)17-30-27-19-24(33-31(36)18-23-5-3-4-6-28(23)32)11-16-29(27)34-35(30)20-22-9-14-26(38-2)15-10-22/h3-16,19H,17-18,20H2,1-2H3,(H,33,36). The molecule has 0 fully saturated rings. The van der Waals surface area contributed by atoms with Gasteiger partial charge in [0.1, 0.15) is 11.5 Å². The van der Waals surface area contributed by atoms with Gasteiger partial charge >= 0.3 is 0 Å². The summed E-state index contributed by atoms with van der Waals surface area (Å²) < 4.78 is 12.7. The van der Waals surface area contributed by atoms with Gasteiger partial charge in [-0.05, 0) is 65.2 Å². The number of amides is 1. The van der Waals surface area contributed by atoms with Gasteiger partial charge in [0.15, 0.2) is 0 Å². The van der Waals surface area contributed by atoms with Crippen molar-refractivity contribution in [1.82, 2.24) is 9.78 Å². The second kappa shape index (κ2) is 11.4. The molecule has 0 radical (unpaired) electrons. The molecule has 0 spiro atoms. The molecule has 0 atom stereocenters. The second-order valence-corrected chi connectivity index (χ2v) is 9.43. The fraction of sp³-hybridized carbons (Fsp3) is 0.161. The van der Waals surface area contributed by atoms with Crippen LogP contribution in [0, 0.1) is 0 Å². The Morgan fingerprint density at radius 3 is 2.18 bits per heavy atom. The number of benzene rings is 4. The third kappa shape index (κ3) is 5.82. The Morgan fingerprint density at radius 2 is 1.53 bits per heavy atom. The molecule has 1 heterocycles. The third-order valence-corrected chi connectivity index (χ3v) is 6.83. The van der Waals surface area contributed by atoms with E-state index in [-0.39, 0.29) is 12.3 Å². The monoisotopic (exact) mass is 525 g/mol. The van der Waals surface area contributed by atoms with E-state index >= 15 is 0 Å². The molecule has 0 aliphatic heterocycles. The Kier molecular flexibility index (Phi) is 7.61. The number of fused-ring (bicyclic) bond motifs is 1. The van der Waals surface area contributed by atoms with Crippen molar-refractivity contribution in [2.75, 3.05) is 19.5 Å². The van der Waals surface area contributed by atoms with Crippen molar-refractivity contribution in [3.05, 3.63) is 118 Å². The van der Waals surface area contributed by atoms with Crippen LogP contribution in [-0.4, -0.2) is 29.9 Å². The molecule has 192 valence electrons. The van der Waals surface area contributed by atoms with Crippen molar-refractivity contribution in [1.29, 1.82) is 0 Å². The number of hydrogen-bond acceptors (Lipinski definition) is 4. The molecule has 5 aromatic rings. The Morgan fingerprint density at radius 1 is 0.868 bits per heavy atom. The molecule has 4 aromatic carbocycles. The molecule has 0 bridgehead atoms. The SMILES string of the molecule is COc1ccc(Cc2c3cc(NC(=O)Cc4ccccc4Cl)ccc3nn2Cc2ccc(OC)cc2)cc1. The summed E-state index contributed by atoms with van der Waals surface area (Å²) in [5.74, 6) is 1.50. The van der Waals surface area contributed by atoms with Crippen LogP contribution in [0.2, 0.25) is 5.02 Å². The largest absolute Gasteiger partial charge is 0.497 e. The summed E-state index contributed by atoms with van der Waals surface area (Å²) in [6.45, 7) is 0.609. The van der Waals surface area contributed by atoms with E-state index < -0.39 is 0 Å². The number of aromatic nitrogens is 2. The van der Waals surface area contributed by atoms with Crippen molar-refractivity contribution in [3.8, 4) is 11.5 Å². The molecule has 6 nitrogen and oxygen atoms in total. The molecule has 0 saturated carbocycles. The summed E-state index contributed by atoms with van der Waals surface area (Å²) in [5, 5.41) is 9.51. The number of ether oxygens (including phenoxy) is 2. The van der Waals surface area contributed by atoms with Crippen molar-refractivity contribution in [2.45, 2.75) is 19.4 Å². The lowest BCUT2D eigenvalue weighted by Gasteiger charge is -2.10. The van der Waals surface area contributed by atoms with Crippen LogP contribution in [0.25, 0.3) is 10.9 Å². The van der Waals surface area contributed by atoms with E-state index in [9.17, 15) is 4.79 Å². The number of carbonyl (C=O) groups excluding carboxylic acids is 1. The number of nitrogens with zero attached hydrogens (tertiary/aromatic N) is 2. The lowest BCUT2D eigenvalue weighted by atomic mass is 10.1. The summed E-state index contributed by atoms with van der Waals surface area (Å²) in [6.07, 6.45) is 0.876. The number of methoxy groups -OCH3 is 2. The van der Waals surface area contributed by atoms with Gasteiger partial charge < -0.3 is 14.8 Å². The van der Waals surface area contributed by atoms with E-state index in [0.29, 0.717) is 18.0 Å². The summed E-state index contributed by atoms with van der Waals surface area (Å²) in [4.78, 5) is 12.8. The van der Waals surface area contributed by atoms with E-state index in [1.54, 1.807) is 20.3 Å². The molecule has 0 unspecified atom stereocenters. The Labute approximate surface area is 226 Å². The Bertz CT molecular complexity index is 1560. The predicted octanol–water partition coefficient (Wildman–Crippen LogP) is 6.53. The Balaban J connectivity index is 1.46. The summed E-state index contributed by atoms with van der Waals surface area (Å²) in [6, 6.07) is 29.2. The molecular formula is C31H28ClN3O3. The average molecular weight is 526 g/mol. The highest BCUT2D eigenvalue weighted by molar-refractivity contribution is 6.31. The summed E-state index contributed by atoms with van der Waals surface area (Å²) in [7, 11) is 3.32. The topological polar surface area (TPSA) is 65.4 Å². The zero-order valence-electron chi connectivity index (χ0n) is 21.3. The highest BCUT2D eigenvalue weighted by atomic mass is 35.5. The number of anilines is 1. The van der Waals surface area contributed by atoms with Gasteiger partial charge in [-0.1, -0.05) is 54.1 Å². The lowest BCUT2D eigenvalue weighted by Crippen LogP contribution is -2.14. The van der Waals surface area contributed by atoms with Crippen LogP contribution < -0.4 is 14.8 Å².